The molecule has 2 fully saturated rings. The van der Waals surface area contributed by atoms with E-state index in [0.29, 0.717) is 5.92 Å². The Balaban J connectivity index is 1.83. The molecule has 1 aliphatic heterocycles. The molecule has 15 heavy (non-hydrogen) atoms. The van der Waals surface area contributed by atoms with Crippen molar-refractivity contribution < 1.29 is 9.47 Å². The lowest BCUT2D eigenvalue weighted by Gasteiger charge is -2.37. The number of hydrogen-bond donors (Lipinski definition) is 2. The van der Waals surface area contributed by atoms with Crippen LogP contribution < -0.4 is 11.1 Å². The van der Waals surface area contributed by atoms with Crippen molar-refractivity contribution in [3.8, 4) is 0 Å². The maximum Gasteiger partial charge on any atom is 0.168 e. The molecule has 4 nitrogen and oxygen atoms in total. The number of hydrogen-bond acceptors (Lipinski definition) is 4. The monoisotopic (exact) mass is 212 g/mol. The maximum atomic E-state index is 5.98. The van der Waals surface area contributed by atoms with Crippen molar-refractivity contribution in [2.24, 2.45) is 11.7 Å². The maximum absolute atomic E-state index is 5.98. The van der Waals surface area contributed by atoms with Gasteiger partial charge < -0.3 is 20.5 Å². The quantitative estimate of drug-likeness (QED) is 0.684. The fourth-order valence-corrected chi connectivity index (χ4v) is 2.50. The number of rotatable bonds is 3. The van der Waals surface area contributed by atoms with Gasteiger partial charge in [-0.15, -0.1) is 0 Å². The smallest absolute Gasteiger partial charge is 0.168 e. The number of nitrogens with two attached hydrogens (primary N) is 1. The molecule has 2 aliphatic rings. The van der Waals surface area contributed by atoms with Crippen LogP contribution in [0.1, 0.15) is 25.7 Å². The van der Waals surface area contributed by atoms with Gasteiger partial charge in [0.1, 0.15) is 0 Å². The lowest BCUT2D eigenvalue weighted by atomic mass is 9.83. The number of ether oxygens (including phenoxy) is 2. The first-order valence-corrected chi connectivity index (χ1v) is 5.66. The third-order valence-electron chi connectivity index (χ3n) is 3.42. The van der Waals surface area contributed by atoms with Gasteiger partial charge in [-0.1, -0.05) is 6.58 Å². The summed E-state index contributed by atoms with van der Waals surface area (Å²) < 4.78 is 11.3. The van der Waals surface area contributed by atoms with Gasteiger partial charge >= 0.3 is 0 Å². The topological polar surface area (TPSA) is 56.5 Å². The Bertz CT molecular complexity index is 217. The SMILES string of the molecule is C=CNC(N)C1CCC2(CC1)OCCO2. The Kier molecular flexibility index (Phi) is 3.29. The molecule has 3 N–H and O–H groups in total. The van der Waals surface area contributed by atoms with Crippen LogP contribution in [0.25, 0.3) is 0 Å². The standard InChI is InChI=1S/C11H20N2O2/c1-2-13-10(12)9-3-5-11(6-4-9)14-7-8-15-11/h2,9-10,13H,1,3-8,12H2. The molecule has 1 atom stereocenters. The van der Waals surface area contributed by atoms with Crippen LogP contribution >= 0.6 is 0 Å². The molecule has 0 aromatic carbocycles. The molecule has 0 amide bonds. The van der Waals surface area contributed by atoms with Crippen molar-refractivity contribution in [1.82, 2.24) is 5.32 Å². The molecule has 86 valence electrons. The van der Waals surface area contributed by atoms with E-state index in [1.807, 2.05) is 0 Å². The minimum Gasteiger partial charge on any atom is -0.376 e. The van der Waals surface area contributed by atoms with Crippen LogP contribution in [0.4, 0.5) is 0 Å². The van der Waals surface area contributed by atoms with Gasteiger partial charge in [0, 0.05) is 12.8 Å². The second-order valence-electron chi connectivity index (χ2n) is 4.34. The van der Waals surface area contributed by atoms with Crippen molar-refractivity contribution in [2.75, 3.05) is 13.2 Å². The van der Waals surface area contributed by atoms with Gasteiger partial charge in [0.25, 0.3) is 0 Å². The van der Waals surface area contributed by atoms with Crippen molar-refractivity contribution >= 4 is 0 Å². The summed E-state index contributed by atoms with van der Waals surface area (Å²) in [5.41, 5.74) is 5.98. The van der Waals surface area contributed by atoms with E-state index in [2.05, 4.69) is 11.9 Å². The molecular weight excluding hydrogens is 192 g/mol. The van der Waals surface area contributed by atoms with Gasteiger partial charge in [-0.3, -0.25) is 0 Å². The van der Waals surface area contributed by atoms with Gasteiger partial charge in [0.15, 0.2) is 5.79 Å². The Hall–Kier alpha value is -0.580. The number of nitrogens with one attached hydrogen (secondary N) is 1. The van der Waals surface area contributed by atoms with E-state index in [1.54, 1.807) is 6.20 Å². The first-order valence-electron chi connectivity index (χ1n) is 5.66. The molecule has 1 saturated heterocycles. The van der Waals surface area contributed by atoms with Crippen molar-refractivity contribution in [3.63, 3.8) is 0 Å². The van der Waals surface area contributed by atoms with E-state index in [-0.39, 0.29) is 12.0 Å². The minimum absolute atomic E-state index is 0.0150. The summed E-state index contributed by atoms with van der Waals surface area (Å²) in [7, 11) is 0. The summed E-state index contributed by atoms with van der Waals surface area (Å²) in [6.45, 7) is 5.10. The molecule has 1 spiro atoms. The highest BCUT2D eigenvalue weighted by molar-refractivity contribution is 4.86. The van der Waals surface area contributed by atoms with Crippen LogP contribution in [0.15, 0.2) is 12.8 Å². The summed E-state index contributed by atoms with van der Waals surface area (Å²) in [6.07, 6.45) is 5.72. The molecule has 1 heterocycles. The third-order valence-corrected chi connectivity index (χ3v) is 3.42. The van der Waals surface area contributed by atoms with Crippen LogP contribution in [0, 0.1) is 5.92 Å². The molecule has 1 saturated carbocycles. The molecular formula is C11H20N2O2. The Morgan fingerprint density at radius 3 is 2.47 bits per heavy atom. The average molecular weight is 212 g/mol. The molecule has 1 unspecified atom stereocenters. The average Bonchev–Trinajstić information content (AvgIpc) is 2.68. The summed E-state index contributed by atoms with van der Waals surface area (Å²) >= 11 is 0. The zero-order chi connectivity index (χ0) is 10.7. The highest BCUT2D eigenvalue weighted by Crippen LogP contribution is 2.38. The predicted molar refractivity (Wildman–Crippen MR) is 57.9 cm³/mol. The normalized spacial score (nSPS) is 27.8. The molecule has 1 aliphatic carbocycles. The Morgan fingerprint density at radius 2 is 1.93 bits per heavy atom. The summed E-state index contributed by atoms with van der Waals surface area (Å²) in [6, 6.07) is 0. The molecule has 0 bridgehead atoms. The molecule has 4 heteroatoms. The lowest BCUT2D eigenvalue weighted by Crippen LogP contribution is -2.45. The predicted octanol–water partition coefficient (Wildman–Crippen LogP) is 0.938. The van der Waals surface area contributed by atoms with Crippen LogP contribution in [0.3, 0.4) is 0 Å². The van der Waals surface area contributed by atoms with E-state index < -0.39 is 0 Å². The van der Waals surface area contributed by atoms with Crippen LogP contribution in [0.2, 0.25) is 0 Å². The second kappa shape index (κ2) is 4.51. The van der Waals surface area contributed by atoms with Crippen molar-refractivity contribution in [3.05, 3.63) is 12.8 Å². The molecule has 0 radical (unpaired) electrons. The highest BCUT2D eigenvalue weighted by atomic mass is 16.7. The van der Waals surface area contributed by atoms with E-state index >= 15 is 0 Å². The minimum atomic E-state index is -0.273. The zero-order valence-corrected chi connectivity index (χ0v) is 9.08. The highest BCUT2D eigenvalue weighted by Gasteiger charge is 2.41. The summed E-state index contributed by atoms with van der Waals surface area (Å²) in [5, 5.41) is 3.05. The van der Waals surface area contributed by atoms with E-state index in [4.69, 9.17) is 15.2 Å². The van der Waals surface area contributed by atoms with Crippen molar-refractivity contribution in [1.29, 1.82) is 0 Å². The van der Waals surface area contributed by atoms with Crippen LogP contribution in [-0.4, -0.2) is 25.2 Å². The van der Waals surface area contributed by atoms with Gasteiger partial charge in [0.05, 0.1) is 19.4 Å². The molecule has 0 aromatic rings. The van der Waals surface area contributed by atoms with Crippen LogP contribution in [0.5, 0.6) is 0 Å². The molecule has 2 rings (SSSR count). The van der Waals surface area contributed by atoms with Crippen LogP contribution in [-0.2, 0) is 9.47 Å². The third kappa shape index (κ3) is 2.33. The van der Waals surface area contributed by atoms with Gasteiger partial charge in [-0.05, 0) is 25.0 Å². The fourth-order valence-electron chi connectivity index (χ4n) is 2.50. The van der Waals surface area contributed by atoms with Gasteiger partial charge in [-0.2, -0.15) is 0 Å². The molecule has 0 aromatic heterocycles. The first kappa shape index (κ1) is 10.9. The van der Waals surface area contributed by atoms with Gasteiger partial charge in [0.2, 0.25) is 0 Å². The van der Waals surface area contributed by atoms with E-state index in [9.17, 15) is 0 Å². The second-order valence-corrected chi connectivity index (χ2v) is 4.34. The lowest BCUT2D eigenvalue weighted by molar-refractivity contribution is -0.183. The summed E-state index contributed by atoms with van der Waals surface area (Å²) in [5.74, 6) is 0.228. The zero-order valence-electron chi connectivity index (χ0n) is 9.08. The van der Waals surface area contributed by atoms with E-state index in [0.717, 1.165) is 38.9 Å². The van der Waals surface area contributed by atoms with Gasteiger partial charge in [-0.25, -0.2) is 0 Å². The summed E-state index contributed by atoms with van der Waals surface area (Å²) in [4.78, 5) is 0. The van der Waals surface area contributed by atoms with Crippen molar-refractivity contribution in [2.45, 2.75) is 37.6 Å². The Morgan fingerprint density at radius 1 is 1.33 bits per heavy atom. The largest absolute Gasteiger partial charge is 0.376 e. The Labute approximate surface area is 90.8 Å². The fraction of sp³-hybridized carbons (Fsp3) is 0.818. The first-order chi connectivity index (χ1) is 7.26. The van der Waals surface area contributed by atoms with E-state index in [1.165, 1.54) is 0 Å².